The molecule has 4 heteroatoms. The van der Waals surface area contributed by atoms with E-state index in [1.807, 2.05) is 20.8 Å². The van der Waals surface area contributed by atoms with E-state index >= 15 is 0 Å². The summed E-state index contributed by atoms with van der Waals surface area (Å²) in [4.78, 5) is 13.1. The number of nitrogens with one attached hydrogen (secondary N) is 1. The number of alkyl carbamates (subject to hydrolysis) is 1. The predicted molar refractivity (Wildman–Crippen MR) is 96.6 cm³/mol. The van der Waals surface area contributed by atoms with Gasteiger partial charge in [0, 0.05) is 20.1 Å². The average Bonchev–Trinajstić information content (AvgIpc) is 2.47. The highest BCUT2D eigenvalue weighted by molar-refractivity contribution is 5.67. The Hall–Kier alpha value is -1.29. The van der Waals surface area contributed by atoms with E-state index in [-0.39, 0.29) is 11.7 Å². The molecule has 1 fully saturated rings. The van der Waals surface area contributed by atoms with E-state index in [1.54, 1.807) is 0 Å². The van der Waals surface area contributed by atoms with E-state index in [2.05, 4.69) is 35.4 Å². The first kappa shape index (κ1) is 19.8. The zero-order valence-corrected chi connectivity index (χ0v) is 15.5. The Morgan fingerprint density at radius 1 is 1.39 bits per heavy atom. The van der Waals surface area contributed by atoms with Gasteiger partial charge in [-0.1, -0.05) is 25.2 Å². The molecule has 4 nitrogen and oxygen atoms in total. The molecule has 23 heavy (non-hydrogen) atoms. The van der Waals surface area contributed by atoms with Crippen LogP contribution >= 0.6 is 0 Å². The number of nitrogens with zero attached hydrogens (tertiary/aromatic N) is 1. The maximum absolute atomic E-state index is 10.5. The summed E-state index contributed by atoms with van der Waals surface area (Å²) in [5.41, 5.74) is 1.14. The molecule has 1 amide bonds. The van der Waals surface area contributed by atoms with Gasteiger partial charge in [-0.15, -0.1) is 0 Å². The molecule has 2 aliphatic rings. The minimum Gasteiger partial charge on any atom is -0.444 e. The van der Waals surface area contributed by atoms with Crippen LogP contribution in [0.5, 0.6) is 0 Å². The highest BCUT2D eigenvalue weighted by atomic mass is 16.6. The number of hydrogen-bond donors (Lipinski definition) is 1. The second-order valence-electron chi connectivity index (χ2n) is 7.49. The fraction of sp³-hybridized carbons (Fsp3) is 0.737. The minimum absolute atomic E-state index is 0.387. The molecule has 1 aliphatic heterocycles. The SMILES string of the molecule is CC1CCCN(CC2=CCCC=C2)C1.CNC(=O)OC(C)(C)C. The molecule has 1 aliphatic carbocycles. The van der Waals surface area contributed by atoms with E-state index in [1.165, 1.54) is 57.9 Å². The van der Waals surface area contributed by atoms with E-state index in [4.69, 9.17) is 4.74 Å². The molecule has 1 heterocycles. The van der Waals surface area contributed by atoms with Crippen molar-refractivity contribution in [2.24, 2.45) is 5.92 Å². The third-order valence-corrected chi connectivity index (χ3v) is 3.82. The summed E-state index contributed by atoms with van der Waals surface area (Å²) in [5, 5.41) is 2.36. The normalized spacial score (nSPS) is 21.8. The molecular formula is C19H34N2O2. The zero-order valence-electron chi connectivity index (χ0n) is 15.5. The van der Waals surface area contributed by atoms with Gasteiger partial charge in [-0.25, -0.2) is 4.79 Å². The smallest absolute Gasteiger partial charge is 0.407 e. The van der Waals surface area contributed by atoms with Crippen LogP contribution < -0.4 is 5.32 Å². The fourth-order valence-electron chi connectivity index (χ4n) is 2.80. The monoisotopic (exact) mass is 322 g/mol. The van der Waals surface area contributed by atoms with Crippen LogP contribution in [0.4, 0.5) is 4.79 Å². The maximum atomic E-state index is 10.5. The van der Waals surface area contributed by atoms with Gasteiger partial charge in [0.05, 0.1) is 0 Å². The molecule has 0 aromatic carbocycles. The van der Waals surface area contributed by atoms with Crippen LogP contribution in [0.15, 0.2) is 23.8 Å². The van der Waals surface area contributed by atoms with Crippen molar-refractivity contribution in [3.05, 3.63) is 23.8 Å². The first-order valence-electron chi connectivity index (χ1n) is 8.79. The van der Waals surface area contributed by atoms with Crippen LogP contribution in [0.3, 0.4) is 0 Å². The lowest BCUT2D eigenvalue weighted by molar-refractivity contribution is 0.0541. The van der Waals surface area contributed by atoms with Crippen molar-refractivity contribution in [2.45, 2.75) is 59.0 Å². The van der Waals surface area contributed by atoms with Gasteiger partial charge in [0.2, 0.25) is 0 Å². The Kier molecular flexibility index (Phi) is 8.38. The lowest BCUT2D eigenvalue weighted by Crippen LogP contribution is -2.35. The maximum Gasteiger partial charge on any atom is 0.407 e. The third kappa shape index (κ3) is 9.44. The van der Waals surface area contributed by atoms with Crippen LogP contribution in [-0.2, 0) is 4.74 Å². The molecular weight excluding hydrogens is 288 g/mol. The molecule has 0 bridgehead atoms. The van der Waals surface area contributed by atoms with Crippen molar-refractivity contribution in [2.75, 3.05) is 26.7 Å². The van der Waals surface area contributed by atoms with Crippen LogP contribution in [0.25, 0.3) is 0 Å². The average molecular weight is 322 g/mol. The van der Waals surface area contributed by atoms with Crippen LogP contribution in [-0.4, -0.2) is 43.3 Å². The van der Waals surface area contributed by atoms with Crippen molar-refractivity contribution in [3.8, 4) is 0 Å². The number of allylic oxidation sites excluding steroid dienone is 2. The Labute approximate surface area is 142 Å². The number of ether oxygens (including phenoxy) is 1. The summed E-state index contributed by atoms with van der Waals surface area (Å²) < 4.78 is 4.84. The Balaban J connectivity index is 0.000000257. The molecule has 0 aromatic heterocycles. The van der Waals surface area contributed by atoms with Crippen LogP contribution in [0.1, 0.15) is 53.4 Å². The summed E-state index contributed by atoms with van der Waals surface area (Å²) in [6.07, 6.45) is 11.9. The lowest BCUT2D eigenvalue weighted by Gasteiger charge is -2.31. The Bertz CT molecular complexity index is 422. The number of carbonyl (C=O) groups is 1. The van der Waals surface area contributed by atoms with Gasteiger partial charge in [0.1, 0.15) is 5.60 Å². The molecule has 1 unspecified atom stereocenters. The summed E-state index contributed by atoms with van der Waals surface area (Å²) in [5.74, 6) is 0.900. The van der Waals surface area contributed by atoms with Gasteiger partial charge in [-0.3, -0.25) is 4.90 Å². The molecule has 1 atom stereocenters. The zero-order chi connectivity index (χ0) is 17.3. The second-order valence-corrected chi connectivity index (χ2v) is 7.49. The van der Waals surface area contributed by atoms with Gasteiger partial charge < -0.3 is 10.1 Å². The topological polar surface area (TPSA) is 41.6 Å². The summed E-state index contributed by atoms with van der Waals surface area (Å²) >= 11 is 0. The number of amides is 1. The first-order chi connectivity index (χ1) is 10.8. The molecule has 1 saturated heterocycles. The van der Waals surface area contributed by atoms with E-state index in [9.17, 15) is 4.79 Å². The van der Waals surface area contributed by atoms with Gasteiger partial charge in [-0.05, 0) is 64.5 Å². The third-order valence-electron chi connectivity index (χ3n) is 3.82. The highest BCUT2D eigenvalue weighted by Gasteiger charge is 2.16. The Morgan fingerprint density at radius 3 is 2.61 bits per heavy atom. The van der Waals surface area contributed by atoms with E-state index in [0.717, 1.165) is 5.92 Å². The minimum atomic E-state index is -0.389. The largest absolute Gasteiger partial charge is 0.444 e. The highest BCUT2D eigenvalue weighted by Crippen LogP contribution is 2.18. The summed E-state index contributed by atoms with van der Waals surface area (Å²) in [6.45, 7) is 11.6. The van der Waals surface area contributed by atoms with Gasteiger partial charge in [-0.2, -0.15) is 0 Å². The van der Waals surface area contributed by atoms with Crippen LogP contribution in [0, 0.1) is 5.92 Å². The predicted octanol–water partition coefficient (Wildman–Crippen LogP) is 4.14. The van der Waals surface area contributed by atoms with Crippen molar-refractivity contribution in [3.63, 3.8) is 0 Å². The van der Waals surface area contributed by atoms with Crippen molar-refractivity contribution >= 4 is 6.09 Å². The van der Waals surface area contributed by atoms with Gasteiger partial charge in [0.25, 0.3) is 0 Å². The molecule has 2 rings (SSSR count). The number of carbonyl (C=O) groups excluding carboxylic acids is 1. The first-order valence-corrected chi connectivity index (χ1v) is 8.79. The van der Waals surface area contributed by atoms with Crippen molar-refractivity contribution in [1.82, 2.24) is 10.2 Å². The van der Waals surface area contributed by atoms with Crippen molar-refractivity contribution < 1.29 is 9.53 Å². The standard InChI is InChI=1S/C13H21N.C6H13NO2/c1-12-6-5-9-14(10-12)11-13-7-3-2-4-8-13;1-6(2,3)9-5(8)7-4/h3,7-8,12H,2,4-6,9-11H2,1H3;1-4H3,(H,7,8). The number of piperidine rings is 1. The molecule has 0 saturated carbocycles. The van der Waals surface area contributed by atoms with Crippen molar-refractivity contribution in [1.29, 1.82) is 0 Å². The van der Waals surface area contributed by atoms with Gasteiger partial charge in [0.15, 0.2) is 0 Å². The number of likely N-dealkylation sites (tertiary alicyclic amines) is 1. The Morgan fingerprint density at radius 2 is 2.13 bits per heavy atom. The van der Waals surface area contributed by atoms with Crippen LogP contribution in [0.2, 0.25) is 0 Å². The number of hydrogen-bond acceptors (Lipinski definition) is 3. The molecule has 0 spiro atoms. The lowest BCUT2D eigenvalue weighted by atomic mass is 9.99. The molecule has 0 aromatic rings. The fourth-order valence-corrected chi connectivity index (χ4v) is 2.80. The quantitative estimate of drug-likeness (QED) is 0.831. The second kappa shape index (κ2) is 9.76. The van der Waals surface area contributed by atoms with Gasteiger partial charge >= 0.3 is 6.09 Å². The molecule has 132 valence electrons. The van der Waals surface area contributed by atoms with E-state index in [0.29, 0.717) is 0 Å². The molecule has 1 N–H and O–H groups in total. The summed E-state index contributed by atoms with van der Waals surface area (Å²) in [7, 11) is 1.54. The summed E-state index contributed by atoms with van der Waals surface area (Å²) in [6, 6.07) is 0. The molecule has 0 radical (unpaired) electrons. The number of rotatable bonds is 2. The van der Waals surface area contributed by atoms with E-state index < -0.39 is 0 Å².